The molecule has 0 aromatic rings. The molecule has 20 heavy (non-hydrogen) atoms. The number of nitrogens with zero attached hydrogens (tertiary/aromatic N) is 1. The van der Waals surface area contributed by atoms with Crippen LogP contribution in [-0.2, 0) is 9.59 Å². The molecule has 0 unspecified atom stereocenters. The van der Waals surface area contributed by atoms with E-state index < -0.39 is 6.04 Å². The first-order valence-electron chi connectivity index (χ1n) is 7.81. The average molecular weight is 283 g/mol. The lowest BCUT2D eigenvalue weighted by molar-refractivity contribution is -0.130. The first-order valence-corrected chi connectivity index (χ1v) is 7.81. The van der Waals surface area contributed by atoms with Gasteiger partial charge in [-0.15, -0.1) is 0 Å². The van der Waals surface area contributed by atoms with E-state index in [1.165, 1.54) is 0 Å². The second-order valence-corrected chi connectivity index (χ2v) is 6.07. The molecule has 1 rings (SSSR count). The van der Waals surface area contributed by atoms with E-state index in [-0.39, 0.29) is 11.8 Å². The zero-order valence-corrected chi connectivity index (χ0v) is 12.9. The normalized spacial score (nSPS) is 18.0. The Bertz CT molecular complexity index is 318. The maximum Gasteiger partial charge on any atom is 0.236 e. The maximum atomic E-state index is 11.8. The quantitative estimate of drug-likeness (QED) is 0.691. The van der Waals surface area contributed by atoms with Gasteiger partial charge in [0.25, 0.3) is 0 Å². The zero-order chi connectivity index (χ0) is 15.0. The van der Waals surface area contributed by atoms with Gasteiger partial charge in [0.05, 0.1) is 6.04 Å². The van der Waals surface area contributed by atoms with Crippen molar-refractivity contribution in [2.45, 2.75) is 58.4 Å². The van der Waals surface area contributed by atoms with Gasteiger partial charge in [0, 0.05) is 26.1 Å². The summed E-state index contributed by atoms with van der Waals surface area (Å²) in [5.41, 5.74) is 5.81. The Kier molecular flexibility index (Phi) is 7.59. The number of nitrogens with two attached hydrogens (primary N) is 1. The highest BCUT2D eigenvalue weighted by molar-refractivity contribution is 5.81. The minimum Gasteiger partial charge on any atom is -0.355 e. The number of carbonyl (C=O) groups excluding carboxylic acids is 2. The van der Waals surface area contributed by atoms with E-state index in [0.717, 1.165) is 38.8 Å². The first-order chi connectivity index (χ1) is 9.50. The molecule has 1 saturated heterocycles. The Labute approximate surface area is 122 Å². The molecule has 0 radical (unpaired) electrons. The summed E-state index contributed by atoms with van der Waals surface area (Å²) in [6.45, 7) is 6.29. The van der Waals surface area contributed by atoms with Crippen molar-refractivity contribution in [2.75, 3.05) is 19.6 Å². The second-order valence-electron chi connectivity index (χ2n) is 6.07. The van der Waals surface area contributed by atoms with E-state index >= 15 is 0 Å². The van der Waals surface area contributed by atoms with E-state index in [2.05, 4.69) is 19.2 Å². The fourth-order valence-corrected chi connectivity index (χ4v) is 2.50. The average Bonchev–Trinajstić information content (AvgIpc) is 2.58. The van der Waals surface area contributed by atoms with Gasteiger partial charge in [0.2, 0.25) is 11.8 Å². The van der Waals surface area contributed by atoms with Crippen LogP contribution in [0.25, 0.3) is 0 Å². The van der Waals surface area contributed by atoms with Crippen LogP contribution in [0.2, 0.25) is 0 Å². The molecule has 5 nitrogen and oxygen atoms in total. The predicted octanol–water partition coefficient (Wildman–Crippen LogP) is 1.27. The van der Waals surface area contributed by atoms with Crippen LogP contribution in [0.1, 0.15) is 52.4 Å². The summed E-state index contributed by atoms with van der Waals surface area (Å²) in [7, 11) is 0. The number of nitrogens with one attached hydrogen (secondary N) is 1. The summed E-state index contributed by atoms with van der Waals surface area (Å²) in [6.07, 6.45) is 5.42. The molecule has 5 heteroatoms. The maximum absolute atomic E-state index is 11.8. The number of rotatable bonds is 7. The Morgan fingerprint density at radius 3 is 2.80 bits per heavy atom. The Morgan fingerprint density at radius 2 is 2.10 bits per heavy atom. The second kappa shape index (κ2) is 8.95. The number of likely N-dealkylation sites (tertiary alicyclic amines) is 1. The summed E-state index contributed by atoms with van der Waals surface area (Å²) in [5.74, 6) is 0.594. The molecule has 1 aliphatic rings. The lowest BCUT2D eigenvalue weighted by atomic mass is 10.0. The van der Waals surface area contributed by atoms with Gasteiger partial charge in [-0.25, -0.2) is 0 Å². The van der Waals surface area contributed by atoms with Crippen molar-refractivity contribution in [3.05, 3.63) is 0 Å². The summed E-state index contributed by atoms with van der Waals surface area (Å²) in [6, 6.07) is -0.421. The molecular weight excluding hydrogens is 254 g/mol. The molecule has 1 aliphatic heterocycles. The Morgan fingerprint density at radius 1 is 1.35 bits per heavy atom. The molecule has 0 spiro atoms. The lowest BCUT2D eigenvalue weighted by Crippen LogP contribution is -2.42. The summed E-state index contributed by atoms with van der Waals surface area (Å²) >= 11 is 0. The van der Waals surface area contributed by atoms with Gasteiger partial charge in [-0.1, -0.05) is 20.3 Å². The molecule has 0 aromatic heterocycles. The van der Waals surface area contributed by atoms with Crippen molar-refractivity contribution in [3.8, 4) is 0 Å². The number of carbonyl (C=O) groups is 2. The van der Waals surface area contributed by atoms with Crippen molar-refractivity contribution in [3.63, 3.8) is 0 Å². The zero-order valence-electron chi connectivity index (χ0n) is 12.9. The highest BCUT2D eigenvalue weighted by atomic mass is 16.2. The van der Waals surface area contributed by atoms with Gasteiger partial charge in [0.15, 0.2) is 0 Å². The highest BCUT2D eigenvalue weighted by Gasteiger charge is 2.17. The van der Waals surface area contributed by atoms with Crippen LogP contribution in [0, 0.1) is 5.92 Å². The van der Waals surface area contributed by atoms with E-state index in [0.29, 0.717) is 25.3 Å². The van der Waals surface area contributed by atoms with Crippen molar-refractivity contribution in [2.24, 2.45) is 11.7 Å². The predicted molar refractivity (Wildman–Crippen MR) is 80.1 cm³/mol. The van der Waals surface area contributed by atoms with Crippen molar-refractivity contribution in [1.82, 2.24) is 10.2 Å². The number of hydrogen-bond acceptors (Lipinski definition) is 3. The largest absolute Gasteiger partial charge is 0.355 e. The van der Waals surface area contributed by atoms with Gasteiger partial charge in [-0.3, -0.25) is 9.59 Å². The van der Waals surface area contributed by atoms with Gasteiger partial charge < -0.3 is 16.0 Å². The molecular formula is C15H29N3O2. The van der Waals surface area contributed by atoms with Gasteiger partial charge >= 0.3 is 0 Å². The summed E-state index contributed by atoms with van der Waals surface area (Å²) in [5, 5.41) is 2.86. The van der Waals surface area contributed by atoms with Crippen molar-refractivity contribution < 1.29 is 9.59 Å². The highest BCUT2D eigenvalue weighted by Crippen LogP contribution is 2.11. The minimum atomic E-state index is -0.421. The van der Waals surface area contributed by atoms with Gasteiger partial charge in [-0.2, -0.15) is 0 Å². The third-order valence-electron chi connectivity index (χ3n) is 3.64. The molecule has 0 bridgehead atoms. The van der Waals surface area contributed by atoms with Gasteiger partial charge in [0.1, 0.15) is 0 Å². The third kappa shape index (κ3) is 6.37. The Hall–Kier alpha value is -1.10. The smallest absolute Gasteiger partial charge is 0.236 e. The van der Waals surface area contributed by atoms with E-state index in [1.807, 2.05) is 4.90 Å². The number of amides is 2. The van der Waals surface area contributed by atoms with Crippen LogP contribution in [0.15, 0.2) is 0 Å². The standard InChI is InChI=1S/C15H29N3O2/c1-12(2)11-13(16)15(20)17-8-6-10-18-9-5-3-4-7-14(18)19/h12-13H,3-11,16H2,1-2H3,(H,17,20)/t13-/m0/s1. The van der Waals surface area contributed by atoms with Crippen molar-refractivity contribution in [1.29, 1.82) is 0 Å². The number of hydrogen-bond donors (Lipinski definition) is 2. The van der Waals surface area contributed by atoms with E-state index in [9.17, 15) is 9.59 Å². The fraction of sp³-hybridized carbons (Fsp3) is 0.867. The van der Waals surface area contributed by atoms with Gasteiger partial charge in [-0.05, 0) is 31.6 Å². The monoisotopic (exact) mass is 283 g/mol. The molecule has 0 saturated carbocycles. The molecule has 116 valence electrons. The Balaban J connectivity index is 2.17. The molecule has 1 heterocycles. The summed E-state index contributed by atoms with van der Waals surface area (Å²) in [4.78, 5) is 25.4. The molecule has 0 aromatic carbocycles. The third-order valence-corrected chi connectivity index (χ3v) is 3.64. The minimum absolute atomic E-state index is 0.0825. The first kappa shape index (κ1) is 17.0. The van der Waals surface area contributed by atoms with Crippen LogP contribution >= 0.6 is 0 Å². The van der Waals surface area contributed by atoms with Crippen LogP contribution in [0.3, 0.4) is 0 Å². The summed E-state index contributed by atoms with van der Waals surface area (Å²) < 4.78 is 0. The SMILES string of the molecule is CC(C)C[C@H](N)C(=O)NCCCN1CCCCCC1=O. The fourth-order valence-electron chi connectivity index (χ4n) is 2.50. The molecule has 1 atom stereocenters. The van der Waals surface area contributed by atoms with Crippen LogP contribution in [0.5, 0.6) is 0 Å². The molecule has 1 fully saturated rings. The van der Waals surface area contributed by atoms with E-state index in [1.54, 1.807) is 0 Å². The van der Waals surface area contributed by atoms with Crippen molar-refractivity contribution >= 4 is 11.8 Å². The van der Waals surface area contributed by atoms with Crippen LogP contribution < -0.4 is 11.1 Å². The lowest BCUT2D eigenvalue weighted by Gasteiger charge is -2.20. The van der Waals surface area contributed by atoms with Crippen LogP contribution in [-0.4, -0.2) is 42.4 Å². The van der Waals surface area contributed by atoms with E-state index in [4.69, 9.17) is 5.73 Å². The topological polar surface area (TPSA) is 75.4 Å². The van der Waals surface area contributed by atoms with Crippen LogP contribution in [0.4, 0.5) is 0 Å². The molecule has 2 amide bonds. The molecule has 3 N–H and O–H groups in total. The molecule has 0 aliphatic carbocycles.